The van der Waals surface area contributed by atoms with Crippen LogP contribution in [-0.4, -0.2) is 52.3 Å². The van der Waals surface area contributed by atoms with Crippen LogP contribution >= 0.6 is 23.1 Å². The zero-order chi connectivity index (χ0) is 17.3. The van der Waals surface area contributed by atoms with E-state index >= 15 is 0 Å². The van der Waals surface area contributed by atoms with Gasteiger partial charge in [0.05, 0.1) is 0 Å². The number of thioether (sulfide) groups is 1. The van der Waals surface area contributed by atoms with Gasteiger partial charge >= 0.3 is 0 Å². The molecule has 1 amide bonds. The number of hydrogen-bond acceptors (Lipinski definition) is 9. The number of Topliss-reactive ketones (excluding diaryl/α,β-unsaturated/α-hetero) is 1. The SMILES string of the molecule is CSc1nnc(NC(=O)c2onc3c2CC/C(=C/N(C)C)C3=O)s1. The molecule has 0 saturated carbocycles. The summed E-state index contributed by atoms with van der Waals surface area (Å²) in [6, 6.07) is 0. The van der Waals surface area contributed by atoms with Crippen LogP contribution in [0.25, 0.3) is 0 Å². The molecule has 0 fully saturated rings. The van der Waals surface area contributed by atoms with Gasteiger partial charge in [-0.15, -0.1) is 10.2 Å². The van der Waals surface area contributed by atoms with E-state index in [-0.39, 0.29) is 17.2 Å². The van der Waals surface area contributed by atoms with E-state index in [1.807, 2.05) is 25.3 Å². The summed E-state index contributed by atoms with van der Waals surface area (Å²) in [6.45, 7) is 0. The van der Waals surface area contributed by atoms with Gasteiger partial charge in [-0.1, -0.05) is 28.3 Å². The molecule has 24 heavy (non-hydrogen) atoms. The summed E-state index contributed by atoms with van der Waals surface area (Å²) in [5.41, 5.74) is 1.41. The van der Waals surface area contributed by atoms with Crippen LogP contribution < -0.4 is 5.32 Å². The topological polar surface area (TPSA) is 101 Å². The molecule has 0 aromatic carbocycles. The van der Waals surface area contributed by atoms with Gasteiger partial charge in [0.1, 0.15) is 0 Å². The largest absolute Gasteiger partial charge is 0.383 e. The molecule has 8 nitrogen and oxygen atoms in total. The molecule has 0 saturated heterocycles. The van der Waals surface area contributed by atoms with Crippen molar-refractivity contribution in [2.75, 3.05) is 25.7 Å². The minimum absolute atomic E-state index is 0.0585. The molecule has 0 unspecified atom stereocenters. The van der Waals surface area contributed by atoms with Crippen LogP contribution in [0.5, 0.6) is 0 Å². The Balaban J connectivity index is 1.82. The number of allylic oxidation sites excluding steroid dienone is 1. The van der Waals surface area contributed by atoms with Gasteiger partial charge in [-0.25, -0.2) is 0 Å². The van der Waals surface area contributed by atoms with E-state index in [4.69, 9.17) is 4.52 Å². The summed E-state index contributed by atoms with van der Waals surface area (Å²) in [5.74, 6) is -0.614. The molecular formula is C14H15N5O3S2. The normalized spacial score (nSPS) is 15.5. The Bertz CT molecular complexity index is 824. The van der Waals surface area contributed by atoms with Crippen LogP contribution in [-0.2, 0) is 6.42 Å². The summed E-state index contributed by atoms with van der Waals surface area (Å²) >= 11 is 2.71. The van der Waals surface area contributed by atoms with Crippen molar-refractivity contribution < 1.29 is 14.1 Å². The number of hydrogen-bond donors (Lipinski definition) is 1. The van der Waals surface area contributed by atoms with Crippen molar-refractivity contribution in [3.05, 3.63) is 28.8 Å². The summed E-state index contributed by atoms with van der Waals surface area (Å²) in [6.07, 6.45) is 4.72. The molecular weight excluding hydrogens is 350 g/mol. The fraction of sp³-hybridized carbons (Fsp3) is 0.357. The fourth-order valence-electron chi connectivity index (χ4n) is 2.35. The van der Waals surface area contributed by atoms with E-state index < -0.39 is 5.91 Å². The molecule has 0 bridgehead atoms. The highest BCUT2D eigenvalue weighted by Gasteiger charge is 2.32. The second kappa shape index (κ2) is 6.73. The van der Waals surface area contributed by atoms with E-state index in [1.54, 1.807) is 6.20 Å². The summed E-state index contributed by atoms with van der Waals surface area (Å²) in [5, 5.41) is 14.6. The van der Waals surface area contributed by atoms with Crippen molar-refractivity contribution in [1.82, 2.24) is 20.3 Å². The number of aromatic nitrogens is 3. The minimum atomic E-state index is -0.472. The van der Waals surface area contributed by atoms with Crippen LogP contribution in [0, 0.1) is 0 Å². The van der Waals surface area contributed by atoms with Crippen molar-refractivity contribution in [3.63, 3.8) is 0 Å². The minimum Gasteiger partial charge on any atom is -0.383 e. The predicted molar refractivity (Wildman–Crippen MR) is 90.6 cm³/mol. The van der Waals surface area contributed by atoms with Crippen LogP contribution in [0.3, 0.4) is 0 Å². The molecule has 10 heteroatoms. The van der Waals surface area contributed by atoms with Gasteiger partial charge in [-0.05, 0) is 19.1 Å². The highest BCUT2D eigenvalue weighted by Crippen LogP contribution is 2.29. The third kappa shape index (κ3) is 3.20. The molecule has 3 rings (SSSR count). The lowest BCUT2D eigenvalue weighted by Gasteiger charge is -2.15. The summed E-state index contributed by atoms with van der Waals surface area (Å²) in [4.78, 5) is 26.6. The fourth-order valence-corrected chi connectivity index (χ4v) is 3.52. The van der Waals surface area contributed by atoms with Crippen molar-refractivity contribution in [1.29, 1.82) is 0 Å². The van der Waals surface area contributed by atoms with Gasteiger partial charge in [0, 0.05) is 31.4 Å². The van der Waals surface area contributed by atoms with Gasteiger partial charge < -0.3 is 9.42 Å². The number of nitrogens with zero attached hydrogens (tertiary/aromatic N) is 4. The number of rotatable bonds is 4. The van der Waals surface area contributed by atoms with Crippen LogP contribution in [0.1, 0.15) is 33.0 Å². The first kappa shape index (κ1) is 16.7. The van der Waals surface area contributed by atoms with E-state index in [2.05, 4.69) is 20.7 Å². The van der Waals surface area contributed by atoms with Crippen LogP contribution in [0.15, 0.2) is 20.6 Å². The highest BCUT2D eigenvalue weighted by molar-refractivity contribution is 8.00. The maximum Gasteiger partial charge on any atom is 0.296 e. The summed E-state index contributed by atoms with van der Waals surface area (Å²) in [7, 11) is 3.70. The highest BCUT2D eigenvalue weighted by atomic mass is 32.2. The Morgan fingerprint density at radius 3 is 2.83 bits per heavy atom. The predicted octanol–water partition coefficient (Wildman–Crippen LogP) is 2.07. The van der Waals surface area contributed by atoms with E-state index in [0.29, 0.717) is 29.1 Å². The average Bonchev–Trinajstić information content (AvgIpc) is 3.16. The molecule has 1 aliphatic rings. The van der Waals surface area contributed by atoms with Crippen molar-refractivity contribution in [2.24, 2.45) is 0 Å². The standard InChI is InChI=1S/C14H15N5O3S2/c1-19(2)6-7-4-5-8-9(10(7)20)18-22-11(8)12(21)15-13-16-17-14(23-3)24-13/h6H,4-5H2,1-3H3,(H,15,16,21)/b7-6-. The Morgan fingerprint density at radius 2 is 2.17 bits per heavy atom. The van der Waals surface area contributed by atoms with E-state index in [0.717, 1.165) is 4.34 Å². The number of amides is 1. The number of carbonyl (C=O) groups excluding carboxylic acids is 2. The van der Waals surface area contributed by atoms with E-state index in [9.17, 15) is 9.59 Å². The quantitative estimate of drug-likeness (QED) is 0.499. The smallest absolute Gasteiger partial charge is 0.296 e. The first-order valence-corrected chi connectivity index (χ1v) is 9.13. The number of nitrogens with one attached hydrogen (secondary N) is 1. The number of fused-ring (bicyclic) bond motifs is 1. The molecule has 1 N–H and O–H groups in total. The molecule has 2 heterocycles. The average molecular weight is 365 g/mol. The molecule has 2 aromatic heterocycles. The Kier molecular flexibility index (Phi) is 4.67. The maximum atomic E-state index is 12.4. The van der Waals surface area contributed by atoms with Crippen molar-refractivity contribution in [2.45, 2.75) is 17.2 Å². The van der Waals surface area contributed by atoms with E-state index in [1.165, 1.54) is 23.1 Å². The van der Waals surface area contributed by atoms with Crippen molar-refractivity contribution >= 4 is 39.9 Å². The molecule has 2 aromatic rings. The molecule has 0 aliphatic heterocycles. The third-order valence-corrected chi connectivity index (χ3v) is 5.18. The van der Waals surface area contributed by atoms with Crippen LogP contribution in [0.4, 0.5) is 5.13 Å². The molecule has 126 valence electrons. The summed E-state index contributed by atoms with van der Waals surface area (Å²) < 4.78 is 5.88. The van der Waals surface area contributed by atoms with Crippen molar-refractivity contribution in [3.8, 4) is 0 Å². The lowest BCUT2D eigenvalue weighted by atomic mass is 9.91. The van der Waals surface area contributed by atoms with Crippen LogP contribution in [0.2, 0.25) is 0 Å². The second-order valence-corrected chi connectivity index (χ2v) is 7.35. The Hall–Kier alpha value is -2.20. The zero-order valence-corrected chi connectivity index (χ0v) is 15.0. The van der Waals surface area contributed by atoms with Gasteiger partial charge in [0.25, 0.3) is 5.91 Å². The second-order valence-electron chi connectivity index (χ2n) is 5.32. The Labute approximate surface area is 146 Å². The lowest BCUT2D eigenvalue weighted by molar-refractivity contribution is 0.0981. The third-order valence-electron chi connectivity index (χ3n) is 3.36. The van der Waals surface area contributed by atoms with Gasteiger partial charge in [0.15, 0.2) is 10.0 Å². The number of anilines is 1. The molecule has 0 spiro atoms. The monoisotopic (exact) mass is 365 g/mol. The maximum absolute atomic E-state index is 12.4. The molecule has 0 atom stereocenters. The molecule has 0 radical (unpaired) electrons. The van der Waals surface area contributed by atoms with Gasteiger partial charge in [-0.3, -0.25) is 14.9 Å². The first-order valence-electron chi connectivity index (χ1n) is 7.08. The molecule has 1 aliphatic carbocycles. The Morgan fingerprint density at radius 1 is 1.38 bits per heavy atom. The first-order chi connectivity index (χ1) is 11.5. The number of ketones is 1. The zero-order valence-electron chi connectivity index (χ0n) is 13.3. The van der Waals surface area contributed by atoms with Gasteiger partial charge in [-0.2, -0.15) is 0 Å². The lowest BCUT2D eigenvalue weighted by Crippen LogP contribution is -2.19. The van der Waals surface area contributed by atoms with Gasteiger partial charge in [0.2, 0.25) is 16.7 Å². The number of carbonyl (C=O) groups is 2.